The van der Waals surface area contributed by atoms with Crippen molar-refractivity contribution in [2.24, 2.45) is 5.92 Å². The van der Waals surface area contributed by atoms with E-state index in [2.05, 4.69) is 5.32 Å². The van der Waals surface area contributed by atoms with Crippen LogP contribution in [0.5, 0.6) is 11.5 Å². The van der Waals surface area contributed by atoms with Crippen LogP contribution in [0.15, 0.2) is 102 Å². The molecule has 0 aliphatic rings. The molecule has 0 aliphatic carbocycles. The molecule has 4 rings (SSSR count). The van der Waals surface area contributed by atoms with Crippen molar-refractivity contribution in [1.82, 2.24) is 10.2 Å². The molecule has 0 fully saturated rings. The molecule has 0 saturated heterocycles. The van der Waals surface area contributed by atoms with Crippen molar-refractivity contribution in [3.8, 4) is 11.5 Å². The number of hydrogen-bond acceptors (Lipinski definition) is 6. The van der Waals surface area contributed by atoms with Crippen LogP contribution in [0.3, 0.4) is 0 Å². The molecule has 0 saturated carbocycles. The predicted octanol–water partition coefficient (Wildman–Crippen LogP) is 5.93. The Morgan fingerprint density at radius 1 is 0.812 bits per heavy atom. The molecular formula is C38H45N3O6S. The molecular weight excluding hydrogens is 627 g/mol. The van der Waals surface area contributed by atoms with Crippen LogP contribution in [0, 0.1) is 19.8 Å². The smallest absolute Gasteiger partial charge is 0.264 e. The third-order valence-corrected chi connectivity index (χ3v) is 9.87. The summed E-state index contributed by atoms with van der Waals surface area (Å²) >= 11 is 0. The van der Waals surface area contributed by atoms with Gasteiger partial charge < -0.3 is 19.7 Å². The number of amides is 2. The summed E-state index contributed by atoms with van der Waals surface area (Å²) in [6, 6.07) is 27.5. The minimum absolute atomic E-state index is 0.0745. The van der Waals surface area contributed by atoms with Gasteiger partial charge in [-0.05, 0) is 60.7 Å². The Morgan fingerprint density at radius 3 is 2.08 bits per heavy atom. The molecule has 10 heteroatoms. The molecule has 9 nitrogen and oxygen atoms in total. The van der Waals surface area contributed by atoms with Crippen molar-refractivity contribution >= 4 is 27.5 Å². The highest BCUT2D eigenvalue weighted by Crippen LogP contribution is 2.32. The van der Waals surface area contributed by atoms with Crippen LogP contribution in [0.1, 0.15) is 36.1 Å². The van der Waals surface area contributed by atoms with Gasteiger partial charge in [-0.1, -0.05) is 86.1 Å². The summed E-state index contributed by atoms with van der Waals surface area (Å²) in [5.41, 5.74) is 3.91. The van der Waals surface area contributed by atoms with E-state index >= 15 is 0 Å². The third-order valence-electron chi connectivity index (χ3n) is 8.10. The fourth-order valence-corrected chi connectivity index (χ4v) is 6.72. The average molecular weight is 672 g/mol. The van der Waals surface area contributed by atoms with Crippen molar-refractivity contribution in [2.45, 2.75) is 51.6 Å². The van der Waals surface area contributed by atoms with Crippen molar-refractivity contribution in [2.75, 3.05) is 31.6 Å². The van der Waals surface area contributed by atoms with Gasteiger partial charge in [0.1, 0.15) is 12.6 Å². The molecule has 1 N–H and O–H groups in total. The minimum Gasteiger partial charge on any atom is -0.493 e. The molecule has 254 valence electrons. The van der Waals surface area contributed by atoms with Crippen LogP contribution in [0.2, 0.25) is 0 Å². The summed E-state index contributed by atoms with van der Waals surface area (Å²) in [7, 11) is -1.42. The van der Waals surface area contributed by atoms with E-state index in [0.717, 1.165) is 26.6 Å². The number of nitrogens with one attached hydrogen (secondary N) is 1. The van der Waals surface area contributed by atoms with E-state index in [1.165, 1.54) is 37.3 Å². The van der Waals surface area contributed by atoms with Gasteiger partial charge >= 0.3 is 0 Å². The molecule has 2 amide bonds. The Kier molecular flexibility index (Phi) is 12.2. The molecule has 4 aromatic rings. The quantitative estimate of drug-likeness (QED) is 0.168. The number of carbonyl (C=O) groups excluding carboxylic acids is 2. The first-order chi connectivity index (χ1) is 22.9. The second kappa shape index (κ2) is 16.3. The first kappa shape index (κ1) is 36.0. The lowest BCUT2D eigenvalue weighted by Crippen LogP contribution is -2.53. The number of ether oxygens (including phenoxy) is 2. The van der Waals surface area contributed by atoms with Gasteiger partial charge in [-0.3, -0.25) is 13.9 Å². The van der Waals surface area contributed by atoms with Gasteiger partial charge in [0, 0.05) is 25.6 Å². The van der Waals surface area contributed by atoms with Crippen molar-refractivity contribution in [1.29, 1.82) is 0 Å². The molecule has 0 bridgehead atoms. The van der Waals surface area contributed by atoms with E-state index in [9.17, 15) is 18.0 Å². The lowest BCUT2D eigenvalue weighted by Gasteiger charge is -2.34. The first-order valence-corrected chi connectivity index (χ1v) is 17.4. The maximum Gasteiger partial charge on any atom is 0.264 e. The van der Waals surface area contributed by atoms with E-state index in [4.69, 9.17) is 9.47 Å². The maximum absolute atomic E-state index is 14.7. The van der Waals surface area contributed by atoms with Gasteiger partial charge in [0.2, 0.25) is 11.8 Å². The number of hydrogen-bond donors (Lipinski definition) is 1. The summed E-state index contributed by atoms with van der Waals surface area (Å²) in [5, 5.41) is 3.02. The molecule has 0 unspecified atom stereocenters. The maximum atomic E-state index is 14.7. The number of methoxy groups -OCH3 is 2. The number of rotatable bonds is 15. The van der Waals surface area contributed by atoms with Crippen LogP contribution in [-0.4, -0.2) is 58.5 Å². The zero-order valence-electron chi connectivity index (χ0n) is 28.5. The average Bonchev–Trinajstić information content (AvgIpc) is 3.08. The Balaban J connectivity index is 1.83. The van der Waals surface area contributed by atoms with Gasteiger partial charge in [0.05, 0.1) is 24.8 Å². The molecule has 0 radical (unpaired) electrons. The highest BCUT2D eigenvalue weighted by atomic mass is 32.2. The number of carbonyl (C=O) groups is 2. The van der Waals surface area contributed by atoms with E-state index in [-0.39, 0.29) is 35.4 Å². The molecule has 0 heterocycles. The standard InChI is InChI=1S/C38H45N3O6S/c1-27(2)24-39-38(43)34(22-30-13-8-7-9-14-30)40(25-31-15-11-10-12-29(31)4)37(42)26-41(32-18-16-28(3)17-19-32)48(44,45)33-20-21-35(46-5)36(23-33)47-6/h7-21,23,27,34H,22,24-26H2,1-6H3,(H,39,43)/t34-/m0/s1. The Labute approximate surface area is 284 Å². The van der Waals surface area contributed by atoms with E-state index in [1.807, 2.05) is 82.3 Å². The summed E-state index contributed by atoms with van der Waals surface area (Å²) in [4.78, 5) is 30.1. The largest absolute Gasteiger partial charge is 0.493 e. The molecule has 0 spiro atoms. The molecule has 48 heavy (non-hydrogen) atoms. The van der Waals surface area contributed by atoms with Gasteiger partial charge in [-0.2, -0.15) is 0 Å². The monoisotopic (exact) mass is 671 g/mol. The zero-order chi connectivity index (χ0) is 34.8. The zero-order valence-corrected chi connectivity index (χ0v) is 29.3. The lowest BCUT2D eigenvalue weighted by molar-refractivity contribution is -0.140. The van der Waals surface area contributed by atoms with Gasteiger partial charge in [0.25, 0.3) is 10.0 Å². The van der Waals surface area contributed by atoms with Gasteiger partial charge in [0.15, 0.2) is 11.5 Å². The predicted molar refractivity (Wildman–Crippen MR) is 189 cm³/mol. The molecule has 1 atom stereocenters. The van der Waals surface area contributed by atoms with E-state index in [1.54, 1.807) is 24.3 Å². The minimum atomic E-state index is -4.31. The van der Waals surface area contributed by atoms with Crippen LogP contribution >= 0.6 is 0 Å². The number of aryl methyl sites for hydroxylation is 2. The van der Waals surface area contributed by atoms with Crippen LogP contribution in [-0.2, 0) is 32.6 Å². The topological polar surface area (TPSA) is 105 Å². The Morgan fingerprint density at radius 2 is 1.46 bits per heavy atom. The van der Waals surface area contributed by atoms with E-state index in [0.29, 0.717) is 18.0 Å². The second-order valence-electron chi connectivity index (χ2n) is 12.2. The highest BCUT2D eigenvalue weighted by molar-refractivity contribution is 7.92. The van der Waals surface area contributed by atoms with Gasteiger partial charge in [-0.15, -0.1) is 0 Å². The lowest BCUT2D eigenvalue weighted by atomic mass is 10.0. The number of anilines is 1. The molecule has 4 aromatic carbocycles. The van der Waals surface area contributed by atoms with Crippen LogP contribution < -0.4 is 19.1 Å². The SMILES string of the molecule is COc1ccc(S(=O)(=O)N(CC(=O)N(Cc2ccccc2C)[C@@H](Cc2ccccc2)C(=O)NCC(C)C)c2ccc(C)cc2)cc1OC. The van der Waals surface area contributed by atoms with E-state index < -0.39 is 28.5 Å². The summed E-state index contributed by atoms with van der Waals surface area (Å²) in [6.07, 6.45) is 0.245. The summed E-state index contributed by atoms with van der Waals surface area (Å²) in [5.74, 6) is -0.0344. The second-order valence-corrected chi connectivity index (χ2v) is 14.0. The van der Waals surface area contributed by atoms with Gasteiger partial charge in [-0.25, -0.2) is 8.42 Å². The number of sulfonamides is 1. The van der Waals surface area contributed by atoms with Crippen molar-refractivity contribution in [3.05, 3.63) is 119 Å². The van der Waals surface area contributed by atoms with Crippen molar-refractivity contribution < 1.29 is 27.5 Å². The number of nitrogens with zero attached hydrogens (tertiary/aromatic N) is 2. The Hall–Kier alpha value is -4.83. The molecule has 0 aliphatic heterocycles. The highest BCUT2D eigenvalue weighted by Gasteiger charge is 2.35. The molecule has 0 aromatic heterocycles. The normalized spacial score (nSPS) is 11.9. The fourth-order valence-electron chi connectivity index (χ4n) is 5.29. The van der Waals surface area contributed by atoms with Crippen LogP contribution in [0.4, 0.5) is 5.69 Å². The summed E-state index contributed by atoms with van der Waals surface area (Å²) in [6.45, 7) is 7.84. The first-order valence-electron chi connectivity index (χ1n) is 15.9. The number of benzene rings is 4. The Bertz CT molecular complexity index is 1790. The van der Waals surface area contributed by atoms with Crippen LogP contribution in [0.25, 0.3) is 0 Å². The summed E-state index contributed by atoms with van der Waals surface area (Å²) < 4.78 is 40.6. The third kappa shape index (κ3) is 8.95. The fraction of sp³-hybridized carbons (Fsp3) is 0.316. The van der Waals surface area contributed by atoms with Crippen molar-refractivity contribution in [3.63, 3.8) is 0 Å².